The topological polar surface area (TPSA) is 78.9 Å². The van der Waals surface area contributed by atoms with E-state index in [1.165, 1.54) is 6.92 Å². The third-order valence-corrected chi connectivity index (χ3v) is 4.17. The van der Waals surface area contributed by atoms with E-state index in [-0.39, 0.29) is 18.9 Å². The minimum absolute atomic E-state index is 0.0456. The van der Waals surface area contributed by atoms with Crippen molar-refractivity contribution in [1.29, 1.82) is 0 Å². The van der Waals surface area contributed by atoms with Gasteiger partial charge in [-0.05, 0) is 45.0 Å². The monoisotopic (exact) mass is 326 g/mol. The minimum atomic E-state index is -1.47. The molecule has 0 bridgehead atoms. The first-order chi connectivity index (χ1) is 10.1. The van der Waals surface area contributed by atoms with Gasteiger partial charge in [0.15, 0.2) is 11.3 Å². The third kappa shape index (κ3) is 3.18. The van der Waals surface area contributed by atoms with Crippen molar-refractivity contribution in [2.45, 2.75) is 38.5 Å². The molecule has 2 amide bonds. The Hall–Kier alpha value is -1.79. The molecule has 0 spiro atoms. The molecule has 1 aliphatic heterocycles. The van der Waals surface area contributed by atoms with E-state index in [2.05, 4.69) is 5.32 Å². The van der Waals surface area contributed by atoms with Gasteiger partial charge in [-0.25, -0.2) is 4.79 Å². The number of ether oxygens (including phenoxy) is 1. The Bertz CT molecular complexity index is 584. The van der Waals surface area contributed by atoms with Crippen molar-refractivity contribution in [3.05, 3.63) is 29.3 Å². The zero-order chi connectivity index (χ0) is 16.5. The molecule has 2 rings (SSSR count). The first kappa shape index (κ1) is 16.6. The van der Waals surface area contributed by atoms with E-state index in [1.807, 2.05) is 0 Å². The second-order valence-corrected chi connectivity index (χ2v) is 6.29. The second kappa shape index (κ2) is 5.78. The molecule has 1 aromatic rings. The molecule has 2 N–H and O–H groups in total. The molecule has 120 valence electrons. The van der Waals surface area contributed by atoms with E-state index in [0.29, 0.717) is 10.7 Å². The van der Waals surface area contributed by atoms with Crippen molar-refractivity contribution in [2.75, 3.05) is 11.9 Å². The number of nitrogens with zero attached hydrogens (tertiary/aromatic N) is 1. The summed E-state index contributed by atoms with van der Waals surface area (Å²) in [4.78, 5) is 24.9. The highest BCUT2D eigenvalue weighted by Crippen LogP contribution is 2.36. The lowest BCUT2D eigenvalue weighted by Gasteiger charge is -2.34. The fourth-order valence-corrected chi connectivity index (χ4v) is 2.28. The van der Waals surface area contributed by atoms with Crippen LogP contribution < -0.4 is 5.32 Å². The molecular formula is C15H19ClN2O4. The van der Waals surface area contributed by atoms with Crippen LogP contribution in [0.4, 0.5) is 10.5 Å². The van der Waals surface area contributed by atoms with Gasteiger partial charge in [0, 0.05) is 23.7 Å². The van der Waals surface area contributed by atoms with E-state index in [1.54, 1.807) is 38.1 Å². The quantitative estimate of drug-likeness (QED) is 0.891. The summed E-state index contributed by atoms with van der Waals surface area (Å²) in [5.41, 5.74) is -1.88. The van der Waals surface area contributed by atoms with Gasteiger partial charge in [-0.15, -0.1) is 0 Å². The van der Waals surface area contributed by atoms with Crippen molar-refractivity contribution in [2.24, 2.45) is 0 Å². The molecular weight excluding hydrogens is 308 g/mol. The van der Waals surface area contributed by atoms with Crippen LogP contribution in [0, 0.1) is 0 Å². The Morgan fingerprint density at radius 1 is 1.32 bits per heavy atom. The van der Waals surface area contributed by atoms with Gasteiger partial charge in [0.25, 0.3) is 0 Å². The number of benzene rings is 1. The molecule has 7 heteroatoms. The number of amides is 2. The van der Waals surface area contributed by atoms with Gasteiger partial charge in [0.2, 0.25) is 5.91 Å². The summed E-state index contributed by atoms with van der Waals surface area (Å²) in [6.07, 6.45) is -0.585. The van der Waals surface area contributed by atoms with E-state index in [0.717, 1.165) is 4.90 Å². The maximum Gasteiger partial charge on any atom is 0.412 e. The van der Waals surface area contributed by atoms with E-state index < -0.39 is 17.4 Å². The zero-order valence-corrected chi connectivity index (χ0v) is 13.5. The molecule has 0 unspecified atom stereocenters. The highest BCUT2D eigenvalue weighted by atomic mass is 35.5. The van der Waals surface area contributed by atoms with Crippen LogP contribution in [-0.4, -0.2) is 39.9 Å². The van der Waals surface area contributed by atoms with Crippen LogP contribution in [0.1, 0.15) is 27.2 Å². The number of anilines is 1. The Morgan fingerprint density at radius 2 is 1.91 bits per heavy atom. The summed E-state index contributed by atoms with van der Waals surface area (Å²) in [5, 5.41) is 13.7. The molecule has 1 aliphatic rings. The van der Waals surface area contributed by atoms with Gasteiger partial charge in [-0.2, -0.15) is 0 Å². The zero-order valence-electron chi connectivity index (χ0n) is 12.7. The van der Waals surface area contributed by atoms with Crippen LogP contribution in [0.2, 0.25) is 5.02 Å². The molecule has 1 aromatic carbocycles. The fourth-order valence-electron chi connectivity index (χ4n) is 2.15. The van der Waals surface area contributed by atoms with Crippen LogP contribution in [0.15, 0.2) is 24.3 Å². The Kier molecular flexibility index (Phi) is 4.35. The van der Waals surface area contributed by atoms with Crippen LogP contribution in [0.25, 0.3) is 0 Å². The largest absolute Gasteiger partial charge is 0.438 e. The molecule has 6 nitrogen and oxygen atoms in total. The van der Waals surface area contributed by atoms with Gasteiger partial charge in [-0.1, -0.05) is 11.6 Å². The first-order valence-electron chi connectivity index (χ1n) is 6.92. The minimum Gasteiger partial charge on any atom is -0.438 e. The van der Waals surface area contributed by atoms with Crippen LogP contribution in [0.3, 0.4) is 0 Å². The summed E-state index contributed by atoms with van der Waals surface area (Å²) in [7, 11) is 0. The van der Waals surface area contributed by atoms with Gasteiger partial charge >= 0.3 is 6.09 Å². The maximum absolute atomic E-state index is 11.9. The van der Waals surface area contributed by atoms with Gasteiger partial charge in [0.1, 0.15) is 0 Å². The van der Waals surface area contributed by atoms with E-state index in [9.17, 15) is 14.7 Å². The van der Waals surface area contributed by atoms with E-state index >= 15 is 0 Å². The van der Waals surface area contributed by atoms with Crippen molar-refractivity contribution < 1.29 is 19.4 Å². The van der Waals surface area contributed by atoms with Crippen LogP contribution in [-0.2, 0) is 9.53 Å². The summed E-state index contributed by atoms with van der Waals surface area (Å²) in [5.74, 6) is -0.268. The highest BCUT2D eigenvalue weighted by molar-refractivity contribution is 6.30. The summed E-state index contributed by atoms with van der Waals surface area (Å²) in [6.45, 7) is 4.81. The third-order valence-electron chi connectivity index (χ3n) is 3.92. The number of carbonyl (C=O) groups excluding carboxylic acids is 2. The lowest BCUT2D eigenvalue weighted by molar-refractivity contribution is -0.130. The Labute approximate surface area is 134 Å². The number of rotatable bonds is 4. The van der Waals surface area contributed by atoms with Crippen molar-refractivity contribution in [3.63, 3.8) is 0 Å². The predicted octanol–water partition coefficient (Wildman–Crippen LogP) is 2.61. The van der Waals surface area contributed by atoms with Crippen LogP contribution >= 0.6 is 11.6 Å². The van der Waals surface area contributed by atoms with Crippen molar-refractivity contribution in [1.82, 2.24) is 4.90 Å². The summed E-state index contributed by atoms with van der Waals surface area (Å²) in [6, 6.07) is 6.71. The number of carbonyl (C=O) groups is 2. The molecule has 0 aromatic heterocycles. The number of hydrogen-bond donors (Lipinski definition) is 2. The number of halogens is 1. The lowest BCUT2D eigenvalue weighted by Crippen LogP contribution is -2.54. The average Bonchev–Trinajstić information content (AvgIpc) is 2.55. The number of nitrogens with one attached hydrogen (secondary N) is 1. The molecule has 1 atom stereocenters. The van der Waals surface area contributed by atoms with Crippen molar-refractivity contribution in [3.8, 4) is 0 Å². The molecule has 22 heavy (non-hydrogen) atoms. The number of cyclic esters (lactones) is 1. The smallest absolute Gasteiger partial charge is 0.412 e. The maximum atomic E-state index is 11.9. The molecule has 0 saturated carbocycles. The molecule has 1 heterocycles. The summed E-state index contributed by atoms with van der Waals surface area (Å²) >= 11 is 5.77. The molecule has 0 aliphatic carbocycles. The van der Waals surface area contributed by atoms with Gasteiger partial charge in [0.05, 0.1) is 0 Å². The molecule has 1 saturated heterocycles. The fraction of sp³-hybridized carbons (Fsp3) is 0.467. The first-order valence-corrected chi connectivity index (χ1v) is 7.30. The molecule has 1 fully saturated rings. The highest BCUT2D eigenvalue weighted by Gasteiger charge is 2.56. The van der Waals surface area contributed by atoms with Gasteiger partial charge < -0.3 is 15.2 Å². The Morgan fingerprint density at radius 3 is 2.41 bits per heavy atom. The van der Waals surface area contributed by atoms with Crippen molar-refractivity contribution >= 4 is 29.3 Å². The normalized spacial score (nSPS) is 23.3. The van der Waals surface area contributed by atoms with E-state index in [4.69, 9.17) is 16.3 Å². The van der Waals surface area contributed by atoms with Crippen LogP contribution in [0.5, 0.6) is 0 Å². The second-order valence-electron chi connectivity index (χ2n) is 5.86. The van der Waals surface area contributed by atoms with Gasteiger partial charge in [-0.3, -0.25) is 9.69 Å². The average molecular weight is 327 g/mol. The summed E-state index contributed by atoms with van der Waals surface area (Å²) < 4.78 is 5.13. The molecule has 0 radical (unpaired) electrons. The number of hydrogen-bond acceptors (Lipinski definition) is 4. The lowest BCUT2D eigenvalue weighted by atomic mass is 9.96. The SMILES string of the molecule is CC1(C)OC(=O)N(CCC(=O)Nc2ccc(Cl)cc2)[C@]1(C)O. The number of aliphatic hydroxyl groups is 1. The predicted molar refractivity (Wildman–Crippen MR) is 82.6 cm³/mol. The standard InChI is InChI=1S/C15H19ClN2O4/c1-14(2)15(3,21)18(13(20)22-14)9-8-12(19)17-11-6-4-10(16)5-7-11/h4-7,21H,8-9H2,1-3H3,(H,17,19)/t15-/m1/s1. The Balaban J connectivity index is 1.94.